The first kappa shape index (κ1) is 28.7. The number of halogens is 4. The van der Waals surface area contributed by atoms with E-state index >= 15 is 4.39 Å². The fourth-order valence-corrected chi connectivity index (χ4v) is 8.39. The molecule has 0 spiro atoms. The molecule has 4 aliphatic rings. The lowest BCUT2D eigenvalue weighted by molar-refractivity contribution is 0.107. The summed E-state index contributed by atoms with van der Waals surface area (Å²) in [5, 5.41) is 11.8. The number of benzene rings is 2. The van der Waals surface area contributed by atoms with Gasteiger partial charge < -0.3 is 15.0 Å². The van der Waals surface area contributed by atoms with Crippen molar-refractivity contribution in [2.75, 3.05) is 37.7 Å². The molecule has 236 valence electrons. The SMILES string of the molecule is Cc1cc2[nH]ncc2c(-c2ccc3c(N4C[C@H]5CC[C@@](C=C(F)F)(C4)N5)nc(OC[C@@]45CCCN4C[C@H](F)C5)nc3c2F)c1C. The third kappa shape index (κ3) is 4.67. The van der Waals surface area contributed by atoms with E-state index in [0.29, 0.717) is 42.7 Å². The molecule has 4 aromatic rings. The number of anilines is 1. The van der Waals surface area contributed by atoms with Crippen LogP contribution in [0.15, 0.2) is 36.6 Å². The second-order valence-electron chi connectivity index (χ2n) is 13.4. The summed E-state index contributed by atoms with van der Waals surface area (Å²) in [5.74, 6) is -0.0825. The van der Waals surface area contributed by atoms with Crippen molar-refractivity contribution in [3.8, 4) is 17.1 Å². The lowest BCUT2D eigenvalue weighted by atomic mass is 9.92. The monoisotopic (exact) mass is 621 g/mol. The molecule has 2 aromatic heterocycles. The fourth-order valence-electron chi connectivity index (χ4n) is 8.39. The van der Waals surface area contributed by atoms with Gasteiger partial charge in [-0.2, -0.15) is 23.8 Å². The van der Waals surface area contributed by atoms with Crippen LogP contribution in [0.1, 0.15) is 43.2 Å². The molecular formula is C33H35F4N7O. The van der Waals surface area contributed by atoms with Crippen LogP contribution >= 0.6 is 0 Å². The molecule has 12 heteroatoms. The second-order valence-corrected chi connectivity index (χ2v) is 13.4. The molecule has 8 nitrogen and oxygen atoms in total. The molecule has 4 aliphatic heterocycles. The summed E-state index contributed by atoms with van der Waals surface area (Å²) < 4.78 is 64.8. The number of nitrogens with zero attached hydrogens (tertiary/aromatic N) is 5. The number of alkyl halides is 1. The second kappa shape index (κ2) is 10.4. The molecule has 6 heterocycles. The van der Waals surface area contributed by atoms with Crippen LogP contribution in [0.3, 0.4) is 0 Å². The normalized spacial score (nSPS) is 27.9. The third-order valence-corrected chi connectivity index (χ3v) is 10.6. The number of aryl methyl sites for hydroxylation is 1. The van der Waals surface area contributed by atoms with E-state index in [0.717, 1.165) is 59.5 Å². The predicted octanol–water partition coefficient (Wildman–Crippen LogP) is 5.98. The zero-order valence-corrected chi connectivity index (χ0v) is 25.3. The highest BCUT2D eigenvalue weighted by Gasteiger charge is 2.49. The van der Waals surface area contributed by atoms with Crippen LogP contribution in [-0.2, 0) is 0 Å². The Labute approximate surface area is 257 Å². The number of piperazine rings is 1. The minimum atomic E-state index is -1.74. The molecule has 0 aliphatic carbocycles. The highest BCUT2D eigenvalue weighted by molar-refractivity contribution is 6.01. The van der Waals surface area contributed by atoms with Crippen molar-refractivity contribution in [2.45, 2.75) is 69.2 Å². The van der Waals surface area contributed by atoms with Crippen LogP contribution in [0.2, 0.25) is 0 Å². The number of aromatic nitrogens is 4. The first-order chi connectivity index (χ1) is 21.6. The standard InChI is InChI=1S/C33H35F4N7O/c1-18-10-25-24(13-38-42-25)27(19(18)2)22-4-5-23-29(28(22)37)39-31(45-17-33-7-3-9-44(33)14-20(34)11-33)40-30(23)43-15-21-6-8-32(16-43,41-21)12-26(35)36/h4-5,10,12-13,20-21,41H,3,6-9,11,14-17H2,1-2H3,(H,38,42)/t20-,21-,32-,33+/m1/s1. The summed E-state index contributed by atoms with van der Waals surface area (Å²) in [6.45, 7) is 6.08. The third-order valence-electron chi connectivity index (χ3n) is 10.6. The first-order valence-corrected chi connectivity index (χ1v) is 15.7. The Balaban J connectivity index is 1.26. The van der Waals surface area contributed by atoms with Crippen molar-refractivity contribution < 1.29 is 22.3 Å². The number of H-pyrrole nitrogens is 1. The minimum Gasteiger partial charge on any atom is -0.461 e. The predicted molar refractivity (Wildman–Crippen MR) is 164 cm³/mol. The Morgan fingerprint density at radius 3 is 2.87 bits per heavy atom. The molecule has 2 bridgehead atoms. The summed E-state index contributed by atoms with van der Waals surface area (Å²) in [7, 11) is 0. The summed E-state index contributed by atoms with van der Waals surface area (Å²) in [6, 6.07) is 5.51. The lowest BCUT2D eigenvalue weighted by Gasteiger charge is -2.40. The van der Waals surface area contributed by atoms with Gasteiger partial charge in [0.1, 0.15) is 24.1 Å². The van der Waals surface area contributed by atoms with Crippen LogP contribution in [0.4, 0.5) is 23.4 Å². The van der Waals surface area contributed by atoms with Crippen LogP contribution in [0.25, 0.3) is 32.9 Å². The van der Waals surface area contributed by atoms with E-state index in [4.69, 9.17) is 9.72 Å². The first-order valence-electron chi connectivity index (χ1n) is 15.7. The molecule has 4 saturated heterocycles. The van der Waals surface area contributed by atoms with Gasteiger partial charge >= 0.3 is 6.01 Å². The average Bonchev–Trinajstić information content (AvgIpc) is 3.75. The van der Waals surface area contributed by atoms with Crippen molar-refractivity contribution >= 4 is 27.6 Å². The highest BCUT2D eigenvalue weighted by Crippen LogP contribution is 2.43. The van der Waals surface area contributed by atoms with Crippen molar-refractivity contribution in [2.24, 2.45) is 0 Å². The molecule has 0 amide bonds. The van der Waals surface area contributed by atoms with Crippen LogP contribution in [-0.4, -0.2) is 81.1 Å². The van der Waals surface area contributed by atoms with E-state index in [1.54, 1.807) is 12.3 Å². The van der Waals surface area contributed by atoms with E-state index < -0.39 is 29.1 Å². The molecule has 4 atom stereocenters. The summed E-state index contributed by atoms with van der Waals surface area (Å²) in [4.78, 5) is 13.5. The van der Waals surface area contributed by atoms with Gasteiger partial charge in [0.2, 0.25) is 0 Å². The molecule has 2 aromatic carbocycles. The number of ether oxygens (including phenoxy) is 1. The molecule has 0 unspecified atom stereocenters. The molecule has 8 rings (SSSR count). The summed E-state index contributed by atoms with van der Waals surface area (Å²) >= 11 is 0. The van der Waals surface area contributed by atoms with Crippen LogP contribution in [0.5, 0.6) is 6.01 Å². The molecule has 2 N–H and O–H groups in total. The van der Waals surface area contributed by atoms with Gasteiger partial charge in [-0.3, -0.25) is 10.00 Å². The van der Waals surface area contributed by atoms with E-state index in [-0.39, 0.29) is 30.7 Å². The fraction of sp³-hybridized carbons (Fsp3) is 0.485. The topological polar surface area (TPSA) is 82.2 Å². The molecule has 0 saturated carbocycles. The zero-order valence-electron chi connectivity index (χ0n) is 25.3. The largest absolute Gasteiger partial charge is 0.461 e. The van der Waals surface area contributed by atoms with E-state index in [1.807, 2.05) is 30.9 Å². The lowest BCUT2D eigenvalue weighted by Crippen LogP contribution is -2.59. The highest BCUT2D eigenvalue weighted by atomic mass is 19.3. The maximum Gasteiger partial charge on any atom is 0.319 e. The Kier molecular flexibility index (Phi) is 6.62. The van der Waals surface area contributed by atoms with Gasteiger partial charge in [0.25, 0.3) is 6.08 Å². The van der Waals surface area contributed by atoms with Gasteiger partial charge in [-0.05, 0) is 74.9 Å². The van der Waals surface area contributed by atoms with Crippen molar-refractivity contribution in [3.05, 3.63) is 53.5 Å². The molecular weight excluding hydrogens is 586 g/mol. The quantitative estimate of drug-likeness (QED) is 0.257. The van der Waals surface area contributed by atoms with Gasteiger partial charge in [0.05, 0.1) is 22.8 Å². The number of hydrogen-bond acceptors (Lipinski definition) is 7. The Morgan fingerprint density at radius 2 is 2.02 bits per heavy atom. The molecule has 0 radical (unpaired) electrons. The zero-order chi connectivity index (χ0) is 31.1. The van der Waals surface area contributed by atoms with Crippen molar-refractivity contribution in [3.63, 3.8) is 0 Å². The van der Waals surface area contributed by atoms with Gasteiger partial charge in [0, 0.05) is 54.5 Å². The Hall–Kier alpha value is -3.77. The van der Waals surface area contributed by atoms with Crippen LogP contribution in [0, 0.1) is 19.7 Å². The maximum atomic E-state index is 16.9. The minimum absolute atomic E-state index is 0.00125. The number of fused-ring (bicyclic) bond motifs is 5. The maximum absolute atomic E-state index is 16.9. The average molecular weight is 622 g/mol. The number of nitrogens with one attached hydrogen (secondary N) is 2. The molecule has 4 fully saturated rings. The Morgan fingerprint density at radius 1 is 1.16 bits per heavy atom. The number of hydrogen-bond donors (Lipinski definition) is 2. The molecule has 45 heavy (non-hydrogen) atoms. The van der Waals surface area contributed by atoms with Gasteiger partial charge in [0.15, 0.2) is 5.82 Å². The number of rotatable bonds is 6. The van der Waals surface area contributed by atoms with Crippen molar-refractivity contribution in [1.82, 2.24) is 30.4 Å². The van der Waals surface area contributed by atoms with E-state index in [2.05, 4.69) is 25.4 Å². The van der Waals surface area contributed by atoms with Gasteiger partial charge in [-0.25, -0.2) is 8.78 Å². The van der Waals surface area contributed by atoms with E-state index in [1.165, 1.54) is 0 Å². The van der Waals surface area contributed by atoms with Crippen molar-refractivity contribution in [1.29, 1.82) is 0 Å². The van der Waals surface area contributed by atoms with Gasteiger partial charge in [-0.1, -0.05) is 6.07 Å². The Bertz CT molecular complexity index is 1860. The summed E-state index contributed by atoms with van der Waals surface area (Å²) in [5.41, 5.74) is 2.57. The smallest absolute Gasteiger partial charge is 0.319 e. The van der Waals surface area contributed by atoms with Gasteiger partial charge in [-0.15, -0.1) is 0 Å². The summed E-state index contributed by atoms with van der Waals surface area (Å²) in [6.07, 6.45) is 3.48. The van der Waals surface area contributed by atoms with E-state index in [9.17, 15) is 13.2 Å². The number of aromatic amines is 1. The van der Waals surface area contributed by atoms with Crippen LogP contribution < -0.4 is 15.0 Å².